The lowest BCUT2D eigenvalue weighted by atomic mass is 10.2. The van der Waals surface area contributed by atoms with Crippen LogP contribution in [0.1, 0.15) is 39.0 Å². The number of benzene rings is 1. The summed E-state index contributed by atoms with van der Waals surface area (Å²) in [5, 5.41) is 0. The summed E-state index contributed by atoms with van der Waals surface area (Å²) in [6, 6.07) is 5.94. The van der Waals surface area contributed by atoms with Gasteiger partial charge in [-0.2, -0.15) is 0 Å². The zero-order valence-electron chi connectivity index (χ0n) is 13.0. The van der Waals surface area contributed by atoms with E-state index in [0.717, 1.165) is 47.5 Å². The minimum atomic E-state index is 0.579. The number of anilines is 1. The van der Waals surface area contributed by atoms with E-state index in [0.29, 0.717) is 19.3 Å². The highest BCUT2D eigenvalue weighted by Crippen LogP contribution is 2.23. The van der Waals surface area contributed by atoms with Crippen molar-refractivity contribution >= 4 is 16.8 Å². The number of fused-ring (bicyclic) bond motifs is 1. The molecule has 0 aliphatic carbocycles. The first-order chi connectivity index (χ1) is 10.2. The van der Waals surface area contributed by atoms with Gasteiger partial charge >= 0.3 is 0 Å². The molecule has 0 aliphatic rings. The number of aryl methyl sites for hydroxylation is 1. The fourth-order valence-electron chi connectivity index (χ4n) is 2.25. The van der Waals surface area contributed by atoms with Crippen molar-refractivity contribution in [3.63, 3.8) is 0 Å². The maximum absolute atomic E-state index is 12.7. The molecule has 0 amide bonds. The summed E-state index contributed by atoms with van der Waals surface area (Å²) in [7, 11) is 1.95. The van der Waals surface area contributed by atoms with Crippen LogP contribution in [0.5, 0.6) is 0 Å². The van der Waals surface area contributed by atoms with Crippen molar-refractivity contribution in [2.45, 2.75) is 39.5 Å². The molecular formula is C17H23FN2O. The first-order valence-corrected chi connectivity index (χ1v) is 7.56. The molecule has 2 rings (SSSR count). The van der Waals surface area contributed by atoms with Gasteiger partial charge in [0.1, 0.15) is 5.52 Å². The largest absolute Gasteiger partial charge is 0.441 e. The summed E-state index contributed by atoms with van der Waals surface area (Å²) in [5.41, 5.74) is 3.47. The van der Waals surface area contributed by atoms with E-state index in [1.807, 2.05) is 37.1 Å². The number of rotatable bonds is 7. The van der Waals surface area contributed by atoms with E-state index < -0.39 is 0 Å². The zero-order chi connectivity index (χ0) is 15.2. The Labute approximate surface area is 125 Å². The molecule has 0 saturated carbocycles. The van der Waals surface area contributed by atoms with E-state index in [1.54, 1.807) is 0 Å². The molecule has 0 N–H and O–H groups in total. The Balaban J connectivity index is 2.17. The standard InChI is InChI=1S/C17H23FN2O/c1-4-6-7-17-19-15-9-8-14(10-16(15)21-17)20(3)12-13(5-2)11-18/h8-11H,4-7,12H2,1-3H3/b13-11+. The fourth-order valence-corrected chi connectivity index (χ4v) is 2.25. The number of aromatic nitrogens is 1. The van der Waals surface area contributed by atoms with Gasteiger partial charge in [-0.1, -0.05) is 20.3 Å². The van der Waals surface area contributed by atoms with Gasteiger partial charge in [-0.05, 0) is 30.5 Å². The number of halogens is 1. The number of likely N-dealkylation sites (N-methyl/N-ethyl adjacent to an activating group) is 1. The molecule has 21 heavy (non-hydrogen) atoms. The molecule has 114 valence electrons. The van der Waals surface area contributed by atoms with Gasteiger partial charge in [0.2, 0.25) is 0 Å². The van der Waals surface area contributed by atoms with Gasteiger partial charge in [0.05, 0.1) is 6.33 Å². The molecule has 0 saturated heterocycles. The summed E-state index contributed by atoms with van der Waals surface area (Å²) >= 11 is 0. The Bertz CT molecular complexity index is 618. The predicted octanol–water partition coefficient (Wildman–Crippen LogP) is 4.87. The smallest absolute Gasteiger partial charge is 0.195 e. The summed E-state index contributed by atoms with van der Waals surface area (Å²) in [6.07, 6.45) is 4.50. The van der Waals surface area contributed by atoms with Crippen LogP contribution in [-0.4, -0.2) is 18.6 Å². The van der Waals surface area contributed by atoms with Crippen LogP contribution in [0.4, 0.5) is 10.1 Å². The number of nitrogens with zero attached hydrogens (tertiary/aromatic N) is 2. The molecule has 1 aromatic carbocycles. The Hall–Kier alpha value is -1.84. The van der Waals surface area contributed by atoms with E-state index in [9.17, 15) is 4.39 Å². The Kier molecular flexibility index (Phi) is 5.37. The van der Waals surface area contributed by atoms with Crippen LogP contribution in [0.15, 0.2) is 34.5 Å². The van der Waals surface area contributed by atoms with Crippen LogP contribution in [0.3, 0.4) is 0 Å². The molecule has 2 aromatic rings. The SMILES string of the molecule is CCCCc1nc2ccc(N(C)C/C(=C/F)CC)cc2o1. The van der Waals surface area contributed by atoms with Gasteiger partial charge in [0.15, 0.2) is 11.5 Å². The van der Waals surface area contributed by atoms with Gasteiger partial charge in [-0.3, -0.25) is 0 Å². The number of unbranched alkanes of at least 4 members (excludes halogenated alkanes) is 1. The molecule has 0 bridgehead atoms. The second-order valence-corrected chi connectivity index (χ2v) is 5.34. The third-order valence-corrected chi connectivity index (χ3v) is 3.65. The summed E-state index contributed by atoms with van der Waals surface area (Å²) in [6.45, 7) is 4.69. The molecule has 1 heterocycles. The van der Waals surface area contributed by atoms with Crippen molar-refractivity contribution in [3.8, 4) is 0 Å². The first-order valence-electron chi connectivity index (χ1n) is 7.56. The highest BCUT2D eigenvalue weighted by Gasteiger charge is 2.09. The third-order valence-electron chi connectivity index (χ3n) is 3.65. The van der Waals surface area contributed by atoms with Gasteiger partial charge in [-0.15, -0.1) is 0 Å². The van der Waals surface area contributed by atoms with E-state index in [-0.39, 0.29) is 0 Å². The van der Waals surface area contributed by atoms with E-state index in [1.165, 1.54) is 0 Å². The van der Waals surface area contributed by atoms with Crippen LogP contribution >= 0.6 is 0 Å². The van der Waals surface area contributed by atoms with Crippen LogP contribution in [-0.2, 0) is 6.42 Å². The summed E-state index contributed by atoms with van der Waals surface area (Å²) < 4.78 is 18.5. The Morgan fingerprint density at radius 2 is 2.19 bits per heavy atom. The molecule has 0 fully saturated rings. The number of hydrogen-bond acceptors (Lipinski definition) is 3. The van der Waals surface area contributed by atoms with Gasteiger partial charge in [0, 0.05) is 31.8 Å². The van der Waals surface area contributed by atoms with Crippen LogP contribution in [0, 0.1) is 0 Å². The third kappa shape index (κ3) is 3.84. The van der Waals surface area contributed by atoms with Crippen molar-refractivity contribution in [2.75, 3.05) is 18.5 Å². The highest BCUT2D eigenvalue weighted by molar-refractivity contribution is 5.77. The lowest BCUT2D eigenvalue weighted by molar-refractivity contribution is 0.517. The monoisotopic (exact) mass is 290 g/mol. The second-order valence-electron chi connectivity index (χ2n) is 5.34. The summed E-state index contributed by atoms with van der Waals surface area (Å²) in [4.78, 5) is 6.50. The van der Waals surface area contributed by atoms with Crippen LogP contribution in [0.25, 0.3) is 11.1 Å². The molecule has 4 heteroatoms. The zero-order valence-corrected chi connectivity index (χ0v) is 13.0. The Morgan fingerprint density at radius 3 is 2.86 bits per heavy atom. The maximum Gasteiger partial charge on any atom is 0.195 e. The van der Waals surface area contributed by atoms with E-state index in [4.69, 9.17) is 4.42 Å². The topological polar surface area (TPSA) is 29.3 Å². The lowest BCUT2D eigenvalue weighted by Gasteiger charge is -2.19. The normalized spacial score (nSPS) is 12.1. The van der Waals surface area contributed by atoms with E-state index in [2.05, 4.69) is 11.9 Å². The lowest BCUT2D eigenvalue weighted by Crippen LogP contribution is -2.19. The van der Waals surface area contributed by atoms with Crippen molar-refractivity contribution in [3.05, 3.63) is 36.0 Å². The molecule has 0 aliphatic heterocycles. The highest BCUT2D eigenvalue weighted by atomic mass is 19.1. The van der Waals surface area contributed by atoms with Crippen molar-refractivity contribution in [2.24, 2.45) is 0 Å². The average molecular weight is 290 g/mol. The minimum Gasteiger partial charge on any atom is -0.441 e. The van der Waals surface area contributed by atoms with Crippen molar-refractivity contribution in [1.82, 2.24) is 4.98 Å². The first kappa shape index (κ1) is 15.5. The molecular weight excluding hydrogens is 267 g/mol. The average Bonchev–Trinajstić information content (AvgIpc) is 2.92. The minimum absolute atomic E-state index is 0.579. The van der Waals surface area contributed by atoms with Crippen LogP contribution in [0.2, 0.25) is 0 Å². The quantitative estimate of drug-likeness (QED) is 0.728. The van der Waals surface area contributed by atoms with Gasteiger partial charge in [0.25, 0.3) is 0 Å². The van der Waals surface area contributed by atoms with Gasteiger partial charge in [-0.25, -0.2) is 9.37 Å². The van der Waals surface area contributed by atoms with Crippen molar-refractivity contribution < 1.29 is 8.81 Å². The maximum atomic E-state index is 12.7. The molecule has 0 spiro atoms. The van der Waals surface area contributed by atoms with Crippen molar-refractivity contribution in [1.29, 1.82) is 0 Å². The molecule has 1 aromatic heterocycles. The Morgan fingerprint density at radius 1 is 1.38 bits per heavy atom. The molecule has 3 nitrogen and oxygen atoms in total. The molecule has 0 radical (unpaired) electrons. The number of hydrogen-bond donors (Lipinski definition) is 0. The van der Waals surface area contributed by atoms with E-state index >= 15 is 0 Å². The van der Waals surface area contributed by atoms with Gasteiger partial charge < -0.3 is 9.32 Å². The summed E-state index contributed by atoms with van der Waals surface area (Å²) in [5.74, 6) is 0.796. The number of oxazole rings is 1. The second kappa shape index (κ2) is 7.25. The fraction of sp³-hybridized carbons (Fsp3) is 0.471. The van der Waals surface area contributed by atoms with Crippen LogP contribution < -0.4 is 4.90 Å². The molecule has 0 atom stereocenters. The molecule has 0 unspecified atom stereocenters. The predicted molar refractivity (Wildman–Crippen MR) is 85.4 cm³/mol.